The Kier molecular flexibility index (Phi) is 46.3. The van der Waals surface area contributed by atoms with E-state index in [0.717, 1.165) is 111 Å². The second-order valence-corrected chi connectivity index (χ2v) is 36.1. The van der Waals surface area contributed by atoms with Crippen molar-refractivity contribution < 1.29 is 47.5 Å². The van der Waals surface area contributed by atoms with Crippen molar-refractivity contribution in [2.24, 2.45) is 53.3 Å². The number of alkyl halides is 1. The van der Waals surface area contributed by atoms with Crippen molar-refractivity contribution in [2.45, 2.75) is 250 Å². The lowest BCUT2D eigenvalue weighted by Gasteiger charge is -2.49. The van der Waals surface area contributed by atoms with Crippen LogP contribution in [0.5, 0.6) is 0 Å². The number of piperazine rings is 1. The number of carbonyl (C=O) groups is 8. The van der Waals surface area contributed by atoms with Crippen molar-refractivity contribution in [3.63, 3.8) is 0 Å². The van der Waals surface area contributed by atoms with Gasteiger partial charge in [0.1, 0.15) is 17.3 Å². The number of Topliss-reactive ketones (excluding diaryl/α,β-unsaturated/α-hetero) is 8. The molecule has 0 aromatic carbocycles. The van der Waals surface area contributed by atoms with Gasteiger partial charge >= 0.3 is 0 Å². The smallest absolute Gasteiger partial charge is 0.208 e. The van der Waals surface area contributed by atoms with Gasteiger partial charge in [-0.15, -0.1) is 0 Å². The SMILES string of the molecule is CC(C)C(=O)C#CC(C)(C)N1CCC(C)(F)C1.CC(C)C(=O)C#CC(C)(C)N1CCC1.CC(C)C(=O)C#CC(C)(C)N1CCCC1.CC(C)C(=O)C#CC1(N(C)C)CCC1.CC(C)C(=O)C#CC1(N(C)C)CN(C)C1.CC(C)C(=O)C#CC1CCO1.CC(C)C(=O)C#CC1CN(C)C1.CC(C)C(=O)C#CCN1CCN(C)CC1. The molecule has 1 aliphatic carbocycles. The Morgan fingerprint density at radius 2 is 0.752 bits per heavy atom. The van der Waals surface area contributed by atoms with Gasteiger partial charge in [0, 0.05) is 138 Å². The maximum Gasteiger partial charge on any atom is 0.208 e. The van der Waals surface area contributed by atoms with Gasteiger partial charge in [0.15, 0.2) is 0 Å². The Bertz CT molecular complexity index is 3630. The molecule has 7 heterocycles. The fraction of sp³-hybridized carbons (Fsp3) is 0.745. The third kappa shape index (κ3) is 40.2. The number of halogens is 1. The molecular formula is C94H148FN9O9. The first-order valence-corrected chi connectivity index (χ1v) is 41.4. The zero-order chi connectivity index (χ0) is 86.6. The summed E-state index contributed by atoms with van der Waals surface area (Å²) in [6.07, 6.45) is 8.71. The predicted octanol–water partition coefficient (Wildman–Crippen LogP) is 10.6. The standard InChI is InChI=1S/C14H22FNO.C13H21NO.2C12H20N2O.2C12H19NO.C10H15NO.C9H12O2/c1-11(2)12(17)6-7-13(3,4)16-9-8-14(5,15)10-16;1-11(2)12(15)7-8-13(3,4)14-9-5-6-10-14;1-10(2)11(15)6-7-12(13(3)4)8-14(5)9-12;1-11(2)12(15)5-4-6-14-9-7-13(3)8-10-14;1-10(2)11(14)6-7-12(3,4)13-8-5-9-13;1-10(2)11(14)6-9-12(13(3)4)7-5-8-12;1-8(2)10(12)5-4-9-6-11(3)7-9;1-7(2)9(10)4-3-8-5-6-11-8/h11H,8-10H2,1-5H3;11H,5-6,9-10H2,1-4H3;10H,8-9H2,1-5H3;11H,6-10H2,1-3H3;10H,5,8-9H2,1-4H3;10H,5,7-8H2,1-4H3;8-9H,6-7H2,1-3H3;7-8H,5-6H2,1-2H3. The van der Waals surface area contributed by atoms with Gasteiger partial charge in [0.25, 0.3) is 0 Å². The number of hydrogen-bond donors (Lipinski definition) is 0. The van der Waals surface area contributed by atoms with E-state index in [2.05, 4.69) is 183 Å². The van der Waals surface area contributed by atoms with E-state index in [0.29, 0.717) is 25.4 Å². The van der Waals surface area contributed by atoms with Gasteiger partial charge in [-0.2, -0.15) is 0 Å². The molecule has 0 amide bonds. The minimum absolute atomic E-state index is 0.000463. The van der Waals surface area contributed by atoms with Crippen LogP contribution in [0.25, 0.3) is 0 Å². The molecule has 8 fully saturated rings. The van der Waals surface area contributed by atoms with E-state index >= 15 is 0 Å². The molecule has 19 heteroatoms. The van der Waals surface area contributed by atoms with Crippen molar-refractivity contribution >= 4 is 46.3 Å². The number of ketones is 8. The second kappa shape index (κ2) is 50.1. The summed E-state index contributed by atoms with van der Waals surface area (Å²) in [5.74, 6) is 46.6. The van der Waals surface area contributed by atoms with E-state index in [-0.39, 0.29) is 122 Å². The van der Waals surface area contributed by atoms with Gasteiger partial charge < -0.3 is 19.4 Å². The summed E-state index contributed by atoms with van der Waals surface area (Å²) in [7, 11) is 14.4. The highest BCUT2D eigenvalue weighted by atomic mass is 19.1. The Balaban J connectivity index is 0.000000647. The third-order valence-electron chi connectivity index (χ3n) is 20.8. The molecule has 7 saturated heterocycles. The van der Waals surface area contributed by atoms with Gasteiger partial charge in [-0.05, 0) is 203 Å². The van der Waals surface area contributed by atoms with Crippen LogP contribution in [0.4, 0.5) is 4.39 Å². The molecule has 7 aliphatic heterocycles. The van der Waals surface area contributed by atoms with Crippen molar-refractivity contribution in [3.8, 4) is 94.7 Å². The van der Waals surface area contributed by atoms with Crippen molar-refractivity contribution in [3.05, 3.63) is 0 Å². The number of carbonyl (C=O) groups excluding carboxylic acids is 8. The van der Waals surface area contributed by atoms with Crippen LogP contribution in [0.15, 0.2) is 0 Å². The minimum Gasteiger partial charge on any atom is -0.365 e. The molecule has 0 radical (unpaired) electrons. The third-order valence-corrected chi connectivity index (χ3v) is 20.8. The molecule has 1 saturated carbocycles. The highest BCUT2D eigenvalue weighted by Crippen LogP contribution is 2.35. The predicted molar refractivity (Wildman–Crippen MR) is 459 cm³/mol. The lowest BCUT2D eigenvalue weighted by molar-refractivity contribution is -0.117. The highest BCUT2D eigenvalue weighted by molar-refractivity contribution is 6.00. The summed E-state index contributed by atoms with van der Waals surface area (Å²) >= 11 is 0. The first kappa shape index (κ1) is 104. The number of hydrogen-bond acceptors (Lipinski definition) is 18. The Morgan fingerprint density at radius 1 is 0.407 bits per heavy atom. The van der Waals surface area contributed by atoms with Crippen LogP contribution in [0.2, 0.25) is 0 Å². The molecule has 0 bridgehead atoms. The maximum atomic E-state index is 13.8. The number of rotatable bonds is 14. The Labute approximate surface area is 686 Å². The fourth-order valence-corrected chi connectivity index (χ4v) is 11.2. The number of nitrogens with zero attached hydrogens (tertiary/aromatic N) is 9. The summed E-state index contributed by atoms with van der Waals surface area (Å²) in [6, 6.07) is 0. The molecule has 630 valence electrons. The zero-order valence-corrected chi connectivity index (χ0v) is 75.8. The first-order chi connectivity index (χ1) is 52.2. The van der Waals surface area contributed by atoms with Crippen molar-refractivity contribution in [1.29, 1.82) is 0 Å². The zero-order valence-electron chi connectivity index (χ0n) is 75.8. The molecule has 0 aromatic heterocycles. The quantitative estimate of drug-likeness (QED) is 0.118. The molecule has 2 atom stereocenters. The summed E-state index contributed by atoms with van der Waals surface area (Å²) in [5.41, 5.74) is -1.97. The van der Waals surface area contributed by atoms with E-state index in [1.165, 1.54) is 25.7 Å². The molecule has 113 heavy (non-hydrogen) atoms. The van der Waals surface area contributed by atoms with E-state index in [1.807, 2.05) is 158 Å². The van der Waals surface area contributed by atoms with Crippen molar-refractivity contribution in [1.82, 2.24) is 44.1 Å². The largest absolute Gasteiger partial charge is 0.365 e. The average Bonchev–Trinajstić information content (AvgIpc) is 1.50. The monoisotopic (exact) mass is 1570 g/mol. The van der Waals surface area contributed by atoms with E-state index < -0.39 is 11.2 Å². The lowest BCUT2D eigenvalue weighted by atomic mass is 9.76. The second-order valence-electron chi connectivity index (χ2n) is 36.1. The molecule has 8 aliphatic rings. The highest BCUT2D eigenvalue weighted by Gasteiger charge is 2.43. The normalized spacial score (nSPS) is 19.8. The number of likely N-dealkylation sites (N-methyl/N-ethyl adjacent to an activating group) is 3. The average molecular weight is 1570 g/mol. The molecule has 0 N–H and O–H groups in total. The van der Waals surface area contributed by atoms with E-state index in [4.69, 9.17) is 4.74 Å². The fourth-order valence-electron chi connectivity index (χ4n) is 11.2. The van der Waals surface area contributed by atoms with Crippen LogP contribution in [0, 0.1) is 148 Å². The summed E-state index contributed by atoms with van der Waals surface area (Å²) in [5, 5.41) is 0. The van der Waals surface area contributed by atoms with Crippen molar-refractivity contribution in [2.75, 3.05) is 154 Å². The van der Waals surface area contributed by atoms with Crippen LogP contribution in [0.1, 0.15) is 211 Å². The summed E-state index contributed by atoms with van der Waals surface area (Å²) in [4.78, 5) is 110. The lowest BCUT2D eigenvalue weighted by Crippen LogP contribution is -2.66. The van der Waals surface area contributed by atoms with E-state index in [9.17, 15) is 42.7 Å². The van der Waals surface area contributed by atoms with Crippen LogP contribution >= 0.6 is 0 Å². The molecule has 8 rings (SSSR count). The minimum atomic E-state index is -1.12. The van der Waals surface area contributed by atoms with Gasteiger partial charge in [-0.25, -0.2) is 4.39 Å². The summed E-state index contributed by atoms with van der Waals surface area (Å²) in [6.45, 7) is 59.0. The maximum absolute atomic E-state index is 13.8. The van der Waals surface area contributed by atoms with Gasteiger partial charge in [0.2, 0.25) is 46.3 Å². The molecule has 0 aromatic rings. The van der Waals surface area contributed by atoms with Gasteiger partial charge in [-0.1, -0.05) is 158 Å². The number of likely N-dealkylation sites (tertiary alicyclic amines) is 5. The van der Waals surface area contributed by atoms with Crippen LogP contribution < -0.4 is 0 Å². The van der Waals surface area contributed by atoms with Crippen LogP contribution in [-0.4, -0.2) is 284 Å². The van der Waals surface area contributed by atoms with Crippen LogP contribution in [-0.2, 0) is 43.1 Å². The summed E-state index contributed by atoms with van der Waals surface area (Å²) < 4.78 is 18.8. The molecular weight excluding hydrogens is 1420 g/mol. The van der Waals surface area contributed by atoms with Crippen LogP contribution in [0.3, 0.4) is 0 Å². The topological polar surface area (TPSA) is 175 Å². The molecule has 0 spiro atoms. The van der Waals surface area contributed by atoms with Gasteiger partial charge in [-0.3, -0.25) is 67.8 Å². The van der Waals surface area contributed by atoms with E-state index in [1.54, 1.807) is 6.92 Å². The Hall–Kier alpha value is -6.63. The van der Waals surface area contributed by atoms with Gasteiger partial charge in [0.05, 0.1) is 35.3 Å². The Morgan fingerprint density at radius 3 is 1.05 bits per heavy atom. The number of ether oxygens (including phenoxy) is 1. The molecule has 18 nitrogen and oxygen atoms in total. The molecule has 2 unspecified atom stereocenters. The first-order valence-electron chi connectivity index (χ1n) is 41.4.